The van der Waals surface area contributed by atoms with Crippen LogP contribution in [0.1, 0.15) is 17.3 Å². The molecule has 0 aliphatic heterocycles. The molecule has 0 aliphatic carbocycles. The summed E-state index contributed by atoms with van der Waals surface area (Å²) in [6.07, 6.45) is 0. The van der Waals surface area contributed by atoms with E-state index < -0.39 is 0 Å². The lowest BCUT2D eigenvalue weighted by molar-refractivity contribution is 0.0728. The summed E-state index contributed by atoms with van der Waals surface area (Å²) < 4.78 is 6.04. The Morgan fingerprint density at radius 2 is 2.24 bits per heavy atom. The number of amides is 1. The molecule has 0 radical (unpaired) electrons. The van der Waals surface area contributed by atoms with Gasteiger partial charge in [0.2, 0.25) is 0 Å². The highest BCUT2D eigenvalue weighted by Gasteiger charge is 2.17. The molecule has 1 N–H and O–H groups in total. The van der Waals surface area contributed by atoms with Crippen LogP contribution in [0.5, 0.6) is 5.75 Å². The van der Waals surface area contributed by atoms with Crippen LogP contribution in [-0.4, -0.2) is 42.7 Å². The standard InChI is InChI=1S/C12H16BrNO3/c1-3-14(6-7-15)12(16)10-5-4-9(13)8-11(10)17-2/h4-5,8,15H,3,6-7H2,1-2H3. The van der Waals surface area contributed by atoms with E-state index in [-0.39, 0.29) is 12.5 Å². The van der Waals surface area contributed by atoms with E-state index in [0.29, 0.717) is 24.4 Å². The number of carbonyl (C=O) groups is 1. The van der Waals surface area contributed by atoms with Gasteiger partial charge in [0.15, 0.2) is 0 Å². The van der Waals surface area contributed by atoms with Gasteiger partial charge in [-0.05, 0) is 25.1 Å². The van der Waals surface area contributed by atoms with Gasteiger partial charge < -0.3 is 14.7 Å². The Bertz CT molecular complexity index is 395. The van der Waals surface area contributed by atoms with Crippen molar-refractivity contribution in [1.82, 2.24) is 4.90 Å². The van der Waals surface area contributed by atoms with Crippen molar-refractivity contribution in [3.8, 4) is 5.75 Å². The molecule has 0 aromatic heterocycles. The molecule has 0 saturated carbocycles. The maximum absolute atomic E-state index is 12.2. The molecule has 0 saturated heterocycles. The highest BCUT2D eigenvalue weighted by atomic mass is 79.9. The van der Waals surface area contributed by atoms with E-state index in [9.17, 15) is 4.79 Å². The van der Waals surface area contributed by atoms with Gasteiger partial charge in [0.05, 0.1) is 19.3 Å². The largest absolute Gasteiger partial charge is 0.496 e. The first kappa shape index (κ1) is 14.0. The lowest BCUT2D eigenvalue weighted by Gasteiger charge is -2.20. The van der Waals surface area contributed by atoms with E-state index in [4.69, 9.17) is 9.84 Å². The second kappa shape index (κ2) is 6.61. The van der Waals surface area contributed by atoms with Gasteiger partial charge in [0.25, 0.3) is 5.91 Å². The van der Waals surface area contributed by atoms with Crippen molar-refractivity contribution in [3.05, 3.63) is 28.2 Å². The van der Waals surface area contributed by atoms with Crippen molar-refractivity contribution >= 4 is 21.8 Å². The normalized spacial score (nSPS) is 10.1. The van der Waals surface area contributed by atoms with Crippen LogP contribution in [0.15, 0.2) is 22.7 Å². The number of nitrogens with zero attached hydrogens (tertiary/aromatic N) is 1. The first-order chi connectivity index (χ1) is 8.13. The van der Waals surface area contributed by atoms with Gasteiger partial charge in [-0.1, -0.05) is 15.9 Å². The first-order valence-corrected chi connectivity index (χ1v) is 6.17. The highest BCUT2D eigenvalue weighted by molar-refractivity contribution is 9.10. The van der Waals surface area contributed by atoms with Crippen molar-refractivity contribution in [2.75, 3.05) is 26.8 Å². The number of aliphatic hydroxyl groups is 1. The maximum Gasteiger partial charge on any atom is 0.257 e. The first-order valence-electron chi connectivity index (χ1n) is 5.37. The molecule has 0 unspecified atom stereocenters. The molecule has 5 heteroatoms. The van der Waals surface area contributed by atoms with E-state index in [1.165, 1.54) is 7.11 Å². The number of benzene rings is 1. The Morgan fingerprint density at radius 3 is 2.76 bits per heavy atom. The maximum atomic E-state index is 12.2. The molecule has 1 amide bonds. The van der Waals surface area contributed by atoms with Crippen molar-refractivity contribution in [1.29, 1.82) is 0 Å². The zero-order valence-corrected chi connectivity index (χ0v) is 11.5. The second-order valence-corrected chi connectivity index (χ2v) is 4.37. The third-order valence-electron chi connectivity index (χ3n) is 2.43. The summed E-state index contributed by atoms with van der Waals surface area (Å²) in [5, 5.41) is 8.90. The summed E-state index contributed by atoms with van der Waals surface area (Å²) in [5.41, 5.74) is 0.506. The van der Waals surface area contributed by atoms with Crippen molar-refractivity contribution in [2.45, 2.75) is 6.92 Å². The van der Waals surface area contributed by atoms with Crippen LogP contribution >= 0.6 is 15.9 Å². The molecule has 0 spiro atoms. The smallest absolute Gasteiger partial charge is 0.257 e. The van der Waals surface area contributed by atoms with Crippen molar-refractivity contribution < 1.29 is 14.6 Å². The average Bonchev–Trinajstić information content (AvgIpc) is 2.34. The van der Waals surface area contributed by atoms with Gasteiger partial charge in [0, 0.05) is 17.6 Å². The van der Waals surface area contributed by atoms with Gasteiger partial charge in [-0.3, -0.25) is 4.79 Å². The summed E-state index contributed by atoms with van der Waals surface area (Å²) in [6, 6.07) is 5.26. The van der Waals surface area contributed by atoms with Crippen LogP contribution in [0.25, 0.3) is 0 Å². The number of ether oxygens (including phenoxy) is 1. The zero-order chi connectivity index (χ0) is 12.8. The molecule has 0 heterocycles. The molecule has 1 aromatic carbocycles. The fourth-order valence-corrected chi connectivity index (χ4v) is 1.88. The van der Waals surface area contributed by atoms with Crippen LogP contribution in [0.4, 0.5) is 0 Å². The molecule has 17 heavy (non-hydrogen) atoms. The highest BCUT2D eigenvalue weighted by Crippen LogP contribution is 2.24. The monoisotopic (exact) mass is 301 g/mol. The number of aliphatic hydroxyl groups excluding tert-OH is 1. The lowest BCUT2D eigenvalue weighted by atomic mass is 10.1. The molecule has 0 aliphatic rings. The number of rotatable bonds is 5. The van der Waals surface area contributed by atoms with Crippen LogP contribution in [0.3, 0.4) is 0 Å². The summed E-state index contributed by atoms with van der Waals surface area (Å²) in [6.45, 7) is 2.71. The Kier molecular flexibility index (Phi) is 5.44. The SMILES string of the molecule is CCN(CCO)C(=O)c1ccc(Br)cc1OC. The molecule has 1 rings (SSSR count). The fourth-order valence-electron chi connectivity index (χ4n) is 1.54. The van der Waals surface area contributed by atoms with Gasteiger partial charge in [0.1, 0.15) is 5.75 Å². The Morgan fingerprint density at radius 1 is 1.53 bits per heavy atom. The summed E-state index contributed by atoms with van der Waals surface area (Å²) >= 11 is 3.33. The number of methoxy groups -OCH3 is 1. The van der Waals surface area contributed by atoms with Crippen LogP contribution < -0.4 is 4.74 Å². The van der Waals surface area contributed by atoms with E-state index in [2.05, 4.69) is 15.9 Å². The Balaban J connectivity index is 3.02. The number of likely N-dealkylation sites (N-methyl/N-ethyl adjacent to an activating group) is 1. The fraction of sp³-hybridized carbons (Fsp3) is 0.417. The summed E-state index contributed by atoms with van der Waals surface area (Å²) in [5.74, 6) is 0.395. The Hall–Kier alpha value is -1.07. The van der Waals surface area contributed by atoms with Gasteiger partial charge in [-0.25, -0.2) is 0 Å². The molecule has 0 fully saturated rings. The molecule has 94 valence electrons. The molecule has 0 atom stereocenters. The number of carbonyl (C=O) groups excluding carboxylic acids is 1. The van der Waals surface area contributed by atoms with Gasteiger partial charge in [-0.2, -0.15) is 0 Å². The summed E-state index contributed by atoms with van der Waals surface area (Å²) in [7, 11) is 1.53. The molecular weight excluding hydrogens is 286 g/mol. The second-order valence-electron chi connectivity index (χ2n) is 3.45. The van der Waals surface area contributed by atoms with Crippen LogP contribution in [0, 0.1) is 0 Å². The predicted octanol–water partition coefficient (Wildman–Crippen LogP) is 1.91. The molecule has 0 bridgehead atoms. The molecular formula is C12H16BrNO3. The predicted molar refractivity (Wildman–Crippen MR) is 69.4 cm³/mol. The minimum Gasteiger partial charge on any atom is -0.496 e. The quantitative estimate of drug-likeness (QED) is 0.904. The third-order valence-corrected chi connectivity index (χ3v) is 2.93. The van der Waals surface area contributed by atoms with E-state index in [1.54, 1.807) is 23.1 Å². The topological polar surface area (TPSA) is 49.8 Å². The lowest BCUT2D eigenvalue weighted by Crippen LogP contribution is -2.33. The number of halogens is 1. The molecule has 1 aromatic rings. The van der Waals surface area contributed by atoms with E-state index in [0.717, 1.165) is 4.47 Å². The molecule has 4 nitrogen and oxygen atoms in total. The summed E-state index contributed by atoms with van der Waals surface area (Å²) in [4.78, 5) is 13.8. The Labute approximate surface area is 109 Å². The number of hydrogen-bond donors (Lipinski definition) is 1. The van der Waals surface area contributed by atoms with Gasteiger partial charge >= 0.3 is 0 Å². The minimum absolute atomic E-state index is 0.0432. The average molecular weight is 302 g/mol. The van der Waals surface area contributed by atoms with Crippen LogP contribution in [-0.2, 0) is 0 Å². The van der Waals surface area contributed by atoms with Crippen molar-refractivity contribution in [3.63, 3.8) is 0 Å². The van der Waals surface area contributed by atoms with Gasteiger partial charge in [-0.15, -0.1) is 0 Å². The van der Waals surface area contributed by atoms with Crippen molar-refractivity contribution in [2.24, 2.45) is 0 Å². The zero-order valence-electron chi connectivity index (χ0n) is 9.94. The van der Waals surface area contributed by atoms with E-state index in [1.807, 2.05) is 6.92 Å². The minimum atomic E-state index is -0.133. The third kappa shape index (κ3) is 3.44. The number of hydrogen-bond acceptors (Lipinski definition) is 3. The van der Waals surface area contributed by atoms with E-state index >= 15 is 0 Å². The van der Waals surface area contributed by atoms with Crippen LogP contribution in [0.2, 0.25) is 0 Å².